The molecule has 5 nitrogen and oxygen atoms in total. The summed E-state index contributed by atoms with van der Waals surface area (Å²) >= 11 is 5.79. The van der Waals surface area contributed by atoms with E-state index >= 15 is 0 Å². The van der Waals surface area contributed by atoms with Crippen LogP contribution in [0.5, 0.6) is 0 Å². The third-order valence-corrected chi connectivity index (χ3v) is 2.70. The first kappa shape index (κ1) is 12.4. The molecule has 0 atom stereocenters. The van der Waals surface area contributed by atoms with E-state index in [0.717, 1.165) is 10.5 Å². The summed E-state index contributed by atoms with van der Waals surface area (Å²) in [5, 5.41) is 13.3. The minimum Gasteiger partial charge on any atom is -0.465 e. The summed E-state index contributed by atoms with van der Waals surface area (Å²) in [4.78, 5) is 12.0. The van der Waals surface area contributed by atoms with Gasteiger partial charge in [0.25, 0.3) is 0 Å². The largest absolute Gasteiger partial charge is 0.465 e. The number of hydrogen-bond acceptors (Lipinski definition) is 3. The maximum atomic E-state index is 10.9. The maximum Gasteiger partial charge on any atom is 0.413 e. The van der Waals surface area contributed by atoms with E-state index in [-0.39, 0.29) is 5.82 Å². The molecule has 0 aliphatic rings. The predicted molar refractivity (Wildman–Crippen MR) is 68.0 cm³/mol. The highest BCUT2D eigenvalue weighted by Gasteiger charge is 2.17. The van der Waals surface area contributed by atoms with Crippen molar-refractivity contribution >= 4 is 23.5 Å². The quantitative estimate of drug-likeness (QED) is 0.923. The zero-order chi connectivity index (χ0) is 13.1. The van der Waals surface area contributed by atoms with Gasteiger partial charge in [-0.25, -0.2) is 4.79 Å². The lowest BCUT2D eigenvalue weighted by Gasteiger charge is -2.11. The molecule has 6 heteroatoms. The van der Waals surface area contributed by atoms with Crippen molar-refractivity contribution in [3.8, 4) is 11.3 Å². The minimum atomic E-state index is -1.06. The monoisotopic (exact) mass is 266 g/mol. The van der Waals surface area contributed by atoms with Crippen LogP contribution >= 0.6 is 11.6 Å². The van der Waals surface area contributed by atoms with E-state index in [1.807, 2.05) is 0 Å². The summed E-state index contributed by atoms with van der Waals surface area (Å²) in [7, 11) is 0. The normalized spacial score (nSPS) is 10.3. The van der Waals surface area contributed by atoms with Crippen LogP contribution in [0.25, 0.3) is 11.3 Å². The lowest BCUT2D eigenvalue weighted by atomic mass is 10.2. The predicted octanol–water partition coefficient (Wildman–Crippen LogP) is 3.50. The number of amides is 1. The van der Waals surface area contributed by atoms with Crippen LogP contribution in [0.4, 0.5) is 10.6 Å². The van der Waals surface area contributed by atoms with E-state index in [9.17, 15) is 4.79 Å². The Morgan fingerprint density at radius 1 is 1.44 bits per heavy atom. The van der Waals surface area contributed by atoms with Gasteiger partial charge in [-0.15, -0.1) is 0 Å². The summed E-state index contributed by atoms with van der Waals surface area (Å²) in [5.41, 5.74) is 0.791. The Morgan fingerprint density at radius 3 is 2.67 bits per heavy atom. The standard InChI is InChI=1S/C12H11ClN2O3/c1-2-15(12(16)17)11-7-10(18-14-11)8-3-5-9(13)6-4-8/h3-7H,2H2,1H3,(H,16,17). The summed E-state index contributed by atoms with van der Waals surface area (Å²) in [6, 6.07) is 8.61. The lowest BCUT2D eigenvalue weighted by Crippen LogP contribution is -2.28. The Bertz CT molecular complexity index is 551. The molecule has 1 N–H and O–H groups in total. The van der Waals surface area contributed by atoms with Crippen LogP contribution in [0.2, 0.25) is 5.02 Å². The van der Waals surface area contributed by atoms with Crippen molar-refractivity contribution in [1.82, 2.24) is 5.16 Å². The SMILES string of the molecule is CCN(C(=O)O)c1cc(-c2ccc(Cl)cc2)on1. The van der Waals surface area contributed by atoms with Gasteiger partial charge in [-0.3, -0.25) is 4.90 Å². The van der Waals surface area contributed by atoms with E-state index in [0.29, 0.717) is 17.3 Å². The highest BCUT2D eigenvalue weighted by Crippen LogP contribution is 2.25. The van der Waals surface area contributed by atoms with Gasteiger partial charge in [0.15, 0.2) is 11.6 Å². The number of benzene rings is 1. The first-order valence-electron chi connectivity index (χ1n) is 5.35. The summed E-state index contributed by atoms with van der Waals surface area (Å²) in [5.74, 6) is 0.774. The smallest absolute Gasteiger partial charge is 0.413 e. The van der Waals surface area contributed by atoms with Crippen LogP contribution in [0.15, 0.2) is 34.9 Å². The van der Waals surface area contributed by atoms with Crippen molar-refractivity contribution in [1.29, 1.82) is 0 Å². The molecule has 2 rings (SSSR count). The first-order valence-corrected chi connectivity index (χ1v) is 5.72. The highest BCUT2D eigenvalue weighted by atomic mass is 35.5. The average molecular weight is 267 g/mol. The van der Waals surface area contributed by atoms with E-state index in [1.54, 1.807) is 37.3 Å². The minimum absolute atomic E-state index is 0.273. The molecule has 94 valence electrons. The Balaban J connectivity index is 2.30. The van der Waals surface area contributed by atoms with Gasteiger partial charge in [-0.2, -0.15) is 0 Å². The van der Waals surface area contributed by atoms with Crippen molar-refractivity contribution in [2.45, 2.75) is 6.92 Å². The highest BCUT2D eigenvalue weighted by molar-refractivity contribution is 6.30. The van der Waals surface area contributed by atoms with Gasteiger partial charge in [0.05, 0.1) is 0 Å². The summed E-state index contributed by atoms with van der Waals surface area (Å²) < 4.78 is 5.13. The molecule has 18 heavy (non-hydrogen) atoms. The molecule has 1 amide bonds. The molecule has 0 aliphatic carbocycles. The van der Waals surface area contributed by atoms with Crippen LogP contribution in [0.3, 0.4) is 0 Å². The van der Waals surface area contributed by atoms with E-state index in [1.165, 1.54) is 0 Å². The van der Waals surface area contributed by atoms with Gasteiger partial charge in [0.1, 0.15) is 0 Å². The van der Waals surface area contributed by atoms with Gasteiger partial charge in [-0.05, 0) is 31.2 Å². The fourth-order valence-corrected chi connectivity index (χ4v) is 1.66. The van der Waals surface area contributed by atoms with E-state index in [2.05, 4.69) is 5.16 Å². The second-order valence-corrected chi connectivity index (χ2v) is 4.02. The van der Waals surface area contributed by atoms with E-state index in [4.69, 9.17) is 21.2 Å². The molecule has 0 radical (unpaired) electrons. The molecule has 0 fully saturated rings. The molecule has 0 bridgehead atoms. The topological polar surface area (TPSA) is 66.6 Å². The zero-order valence-electron chi connectivity index (χ0n) is 9.63. The molecular weight excluding hydrogens is 256 g/mol. The molecule has 1 heterocycles. The fourth-order valence-electron chi connectivity index (χ4n) is 1.54. The Kier molecular flexibility index (Phi) is 3.53. The number of rotatable bonds is 3. The summed E-state index contributed by atoms with van der Waals surface area (Å²) in [6.45, 7) is 2.03. The Morgan fingerprint density at radius 2 is 2.11 bits per heavy atom. The van der Waals surface area contributed by atoms with Crippen molar-refractivity contribution in [3.63, 3.8) is 0 Å². The molecule has 2 aromatic rings. The number of nitrogens with zero attached hydrogens (tertiary/aromatic N) is 2. The molecule has 1 aromatic heterocycles. The Labute approximate surface area is 109 Å². The van der Waals surface area contributed by atoms with Gasteiger partial charge in [-0.1, -0.05) is 16.8 Å². The average Bonchev–Trinajstić information content (AvgIpc) is 2.80. The number of hydrogen-bond donors (Lipinski definition) is 1. The molecular formula is C12H11ClN2O3. The van der Waals surface area contributed by atoms with Crippen LogP contribution < -0.4 is 4.90 Å². The Hall–Kier alpha value is -2.01. The number of aromatic nitrogens is 1. The van der Waals surface area contributed by atoms with E-state index < -0.39 is 6.09 Å². The van der Waals surface area contributed by atoms with Crippen molar-refractivity contribution in [3.05, 3.63) is 35.4 Å². The van der Waals surface area contributed by atoms with Gasteiger partial charge >= 0.3 is 6.09 Å². The molecule has 1 aromatic carbocycles. The zero-order valence-corrected chi connectivity index (χ0v) is 10.4. The third-order valence-electron chi connectivity index (χ3n) is 2.45. The fraction of sp³-hybridized carbons (Fsp3) is 0.167. The summed E-state index contributed by atoms with van der Waals surface area (Å²) in [6.07, 6.45) is -1.06. The lowest BCUT2D eigenvalue weighted by molar-refractivity contribution is 0.201. The van der Waals surface area contributed by atoms with Crippen LogP contribution in [0, 0.1) is 0 Å². The third kappa shape index (κ3) is 2.46. The van der Waals surface area contributed by atoms with Gasteiger partial charge in [0.2, 0.25) is 0 Å². The van der Waals surface area contributed by atoms with Crippen molar-refractivity contribution in [2.24, 2.45) is 0 Å². The first-order chi connectivity index (χ1) is 8.61. The number of carbonyl (C=O) groups is 1. The van der Waals surface area contributed by atoms with Crippen molar-refractivity contribution < 1.29 is 14.4 Å². The molecule has 0 spiro atoms. The number of anilines is 1. The number of halogens is 1. The molecule has 0 saturated heterocycles. The maximum absolute atomic E-state index is 10.9. The number of carboxylic acid groups (broad SMARTS) is 1. The van der Waals surface area contributed by atoms with Crippen LogP contribution in [-0.4, -0.2) is 22.9 Å². The second-order valence-electron chi connectivity index (χ2n) is 3.58. The molecule has 0 saturated carbocycles. The second kappa shape index (κ2) is 5.10. The molecule has 0 unspecified atom stereocenters. The van der Waals surface area contributed by atoms with Crippen LogP contribution in [-0.2, 0) is 0 Å². The van der Waals surface area contributed by atoms with Gasteiger partial charge < -0.3 is 9.63 Å². The van der Waals surface area contributed by atoms with Crippen LogP contribution in [0.1, 0.15) is 6.92 Å². The van der Waals surface area contributed by atoms with Gasteiger partial charge in [0, 0.05) is 23.2 Å². The molecule has 0 aliphatic heterocycles. The van der Waals surface area contributed by atoms with Crippen molar-refractivity contribution in [2.75, 3.05) is 11.4 Å².